The third-order valence-electron chi connectivity index (χ3n) is 3.06. The van der Waals surface area contributed by atoms with Gasteiger partial charge >= 0.3 is 0 Å². The van der Waals surface area contributed by atoms with Crippen molar-refractivity contribution in [1.82, 2.24) is 16.0 Å². The average molecular weight is 241 g/mol. The van der Waals surface area contributed by atoms with Gasteiger partial charge in [-0.25, -0.2) is 0 Å². The van der Waals surface area contributed by atoms with E-state index in [1.807, 2.05) is 0 Å². The highest BCUT2D eigenvalue weighted by Gasteiger charge is 2.18. The van der Waals surface area contributed by atoms with E-state index in [0.29, 0.717) is 13.0 Å². The molecule has 1 aliphatic rings. The van der Waals surface area contributed by atoms with Gasteiger partial charge in [-0.1, -0.05) is 19.3 Å². The molecule has 1 rings (SSSR count). The van der Waals surface area contributed by atoms with Crippen LogP contribution in [0.5, 0.6) is 0 Å². The van der Waals surface area contributed by atoms with Gasteiger partial charge < -0.3 is 16.0 Å². The highest BCUT2D eigenvalue weighted by atomic mass is 16.2. The van der Waals surface area contributed by atoms with Crippen LogP contribution in [0, 0.1) is 0 Å². The maximum atomic E-state index is 11.8. The molecule has 1 aliphatic heterocycles. The fourth-order valence-electron chi connectivity index (χ4n) is 1.98. The summed E-state index contributed by atoms with van der Waals surface area (Å²) in [5.41, 5.74) is 0. The van der Waals surface area contributed by atoms with E-state index in [1.54, 1.807) is 7.05 Å². The van der Waals surface area contributed by atoms with E-state index in [1.165, 1.54) is 12.8 Å². The zero-order valence-corrected chi connectivity index (χ0v) is 10.6. The van der Waals surface area contributed by atoms with Gasteiger partial charge in [-0.3, -0.25) is 9.59 Å². The SMILES string of the molecule is CNC(=O)CCNC(=O)C1CCCCCCN1. The standard InChI is InChI=1S/C12H23N3O2/c1-13-11(16)7-9-15-12(17)10-6-4-2-3-5-8-14-10/h10,14H,2-9H2,1H3,(H,13,16)(H,15,17). The first-order valence-electron chi connectivity index (χ1n) is 6.45. The fraction of sp³-hybridized carbons (Fsp3) is 0.833. The molecule has 0 radical (unpaired) electrons. The first-order valence-corrected chi connectivity index (χ1v) is 6.45. The summed E-state index contributed by atoms with van der Waals surface area (Å²) in [6, 6.07) is -0.0833. The Labute approximate surface area is 103 Å². The Morgan fingerprint density at radius 1 is 1.24 bits per heavy atom. The molecule has 2 amide bonds. The quantitative estimate of drug-likeness (QED) is 0.656. The van der Waals surface area contributed by atoms with Crippen LogP contribution in [0.25, 0.3) is 0 Å². The molecule has 5 heteroatoms. The van der Waals surface area contributed by atoms with Gasteiger partial charge in [0.05, 0.1) is 6.04 Å². The van der Waals surface area contributed by atoms with Crippen molar-refractivity contribution in [2.24, 2.45) is 0 Å². The van der Waals surface area contributed by atoms with E-state index in [0.717, 1.165) is 25.8 Å². The Kier molecular flexibility index (Phi) is 6.62. The molecular weight excluding hydrogens is 218 g/mol. The summed E-state index contributed by atoms with van der Waals surface area (Å²) in [5, 5.41) is 8.60. The Bertz CT molecular complexity index is 248. The van der Waals surface area contributed by atoms with Gasteiger partial charge in [0.1, 0.15) is 0 Å². The van der Waals surface area contributed by atoms with Gasteiger partial charge in [-0.2, -0.15) is 0 Å². The molecule has 0 saturated carbocycles. The molecule has 1 unspecified atom stereocenters. The van der Waals surface area contributed by atoms with Crippen LogP contribution >= 0.6 is 0 Å². The Morgan fingerprint density at radius 2 is 2.00 bits per heavy atom. The summed E-state index contributed by atoms with van der Waals surface area (Å²) >= 11 is 0. The van der Waals surface area contributed by atoms with Crippen LogP contribution in [0.15, 0.2) is 0 Å². The first kappa shape index (κ1) is 14.0. The molecule has 1 heterocycles. The molecular formula is C12H23N3O2. The zero-order chi connectivity index (χ0) is 12.5. The predicted octanol–water partition coefficient (Wildman–Crippen LogP) is 0.161. The van der Waals surface area contributed by atoms with E-state index in [-0.39, 0.29) is 17.9 Å². The lowest BCUT2D eigenvalue weighted by Crippen LogP contribution is -2.45. The molecule has 1 atom stereocenters. The Balaban J connectivity index is 2.22. The number of carbonyl (C=O) groups is 2. The third kappa shape index (κ3) is 5.68. The van der Waals surface area contributed by atoms with E-state index >= 15 is 0 Å². The molecule has 1 fully saturated rings. The minimum atomic E-state index is -0.0833. The molecule has 0 aliphatic carbocycles. The van der Waals surface area contributed by atoms with Gasteiger partial charge in [-0.05, 0) is 19.4 Å². The smallest absolute Gasteiger partial charge is 0.237 e. The summed E-state index contributed by atoms with van der Waals surface area (Å²) in [4.78, 5) is 22.8. The summed E-state index contributed by atoms with van der Waals surface area (Å²) in [7, 11) is 1.60. The molecule has 5 nitrogen and oxygen atoms in total. The minimum Gasteiger partial charge on any atom is -0.359 e. The van der Waals surface area contributed by atoms with Crippen molar-refractivity contribution in [2.45, 2.75) is 44.6 Å². The molecule has 0 aromatic rings. The van der Waals surface area contributed by atoms with Crippen LogP contribution < -0.4 is 16.0 Å². The second kappa shape index (κ2) is 8.06. The topological polar surface area (TPSA) is 70.2 Å². The second-order valence-corrected chi connectivity index (χ2v) is 4.42. The molecule has 1 saturated heterocycles. The molecule has 17 heavy (non-hydrogen) atoms. The van der Waals surface area contributed by atoms with Gasteiger partial charge in [-0.15, -0.1) is 0 Å². The van der Waals surface area contributed by atoms with Crippen molar-refractivity contribution < 1.29 is 9.59 Å². The number of rotatable bonds is 4. The van der Waals surface area contributed by atoms with Gasteiger partial charge in [0.15, 0.2) is 0 Å². The second-order valence-electron chi connectivity index (χ2n) is 4.42. The lowest BCUT2D eigenvalue weighted by molar-refractivity contribution is -0.123. The van der Waals surface area contributed by atoms with E-state index in [9.17, 15) is 9.59 Å². The van der Waals surface area contributed by atoms with Gasteiger partial charge in [0.25, 0.3) is 0 Å². The normalized spacial score (nSPS) is 21.1. The monoisotopic (exact) mass is 241 g/mol. The van der Waals surface area contributed by atoms with E-state index < -0.39 is 0 Å². The van der Waals surface area contributed by atoms with E-state index in [4.69, 9.17) is 0 Å². The highest BCUT2D eigenvalue weighted by Crippen LogP contribution is 2.09. The third-order valence-corrected chi connectivity index (χ3v) is 3.06. The van der Waals surface area contributed by atoms with Crippen molar-refractivity contribution in [1.29, 1.82) is 0 Å². The zero-order valence-electron chi connectivity index (χ0n) is 10.6. The number of nitrogens with one attached hydrogen (secondary N) is 3. The molecule has 0 aromatic heterocycles. The molecule has 0 bridgehead atoms. The van der Waals surface area contributed by atoms with Crippen LogP contribution in [0.3, 0.4) is 0 Å². The summed E-state index contributed by atoms with van der Waals surface area (Å²) in [6.45, 7) is 1.32. The molecule has 0 spiro atoms. The van der Waals surface area contributed by atoms with Crippen molar-refractivity contribution in [3.05, 3.63) is 0 Å². The van der Waals surface area contributed by atoms with Gasteiger partial charge in [0.2, 0.25) is 11.8 Å². The first-order chi connectivity index (χ1) is 8.24. The van der Waals surface area contributed by atoms with Crippen molar-refractivity contribution >= 4 is 11.8 Å². The summed E-state index contributed by atoms with van der Waals surface area (Å²) in [5.74, 6) is -0.0215. The fourth-order valence-corrected chi connectivity index (χ4v) is 1.98. The molecule has 0 aromatic carbocycles. The number of hydrogen-bond acceptors (Lipinski definition) is 3. The predicted molar refractivity (Wildman–Crippen MR) is 66.6 cm³/mol. The van der Waals surface area contributed by atoms with Crippen LogP contribution in [-0.4, -0.2) is 38.0 Å². The van der Waals surface area contributed by atoms with Crippen LogP contribution in [0.1, 0.15) is 38.5 Å². The lowest BCUT2D eigenvalue weighted by Gasteiger charge is -2.20. The Hall–Kier alpha value is -1.10. The van der Waals surface area contributed by atoms with Crippen molar-refractivity contribution in [3.63, 3.8) is 0 Å². The average Bonchev–Trinajstić information content (AvgIpc) is 2.28. The maximum absolute atomic E-state index is 11.8. The number of hydrogen-bond donors (Lipinski definition) is 3. The van der Waals surface area contributed by atoms with E-state index in [2.05, 4.69) is 16.0 Å². The number of amides is 2. The van der Waals surface area contributed by atoms with Crippen molar-refractivity contribution in [2.75, 3.05) is 20.1 Å². The van der Waals surface area contributed by atoms with Crippen LogP contribution in [0.2, 0.25) is 0 Å². The molecule has 3 N–H and O–H groups in total. The highest BCUT2D eigenvalue weighted by molar-refractivity contribution is 5.82. The molecule has 98 valence electrons. The summed E-state index contributed by atoms with van der Waals surface area (Å²) in [6.07, 6.45) is 5.94. The van der Waals surface area contributed by atoms with Crippen LogP contribution in [0.4, 0.5) is 0 Å². The minimum absolute atomic E-state index is 0.0239. The lowest BCUT2D eigenvalue weighted by atomic mass is 10.0. The summed E-state index contributed by atoms with van der Waals surface area (Å²) < 4.78 is 0. The maximum Gasteiger partial charge on any atom is 0.237 e. The van der Waals surface area contributed by atoms with Crippen LogP contribution in [-0.2, 0) is 9.59 Å². The largest absolute Gasteiger partial charge is 0.359 e. The number of carbonyl (C=O) groups excluding carboxylic acids is 2. The Morgan fingerprint density at radius 3 is 2.76 bits per heavy atom. The van der Waals surface area contributed by atoms with Crippen molar-refractivity contribution in [3.8, 4) is 0 Å². The van der Waals surface area contributed by atoms with Gasteiger partial charge in [0, 0.05) is 20.0 Å².